The molecule has 0 saturated heterocycles. The van der Waals surface area contributed by atoms with Crippen molar-refractivity contribution in [3.8, 4) is 0 Å². The molecule has 0 spiro atoms. The summed E-state index contributed by atoms with van der Waals surface area (Å²) in [6.45, 7) is 0. The molecule has 0 aromatic heterocycles. The molecule has 1 atom stereocenters. The summed E-state index contributed by atoms with van der Waals surface area (Å²) in [4.78, 5) is 0. The lowest BCUT2D eigenvalue weighted by atomic mass is 9.75. The van der Waals surface area contributed by atoms with Crippen LogP contribution in [0, 0.1) is 5.92 Å². The third-order valence-corrected chi connectivity index (χ3v) is 4.38. The Morgan fingerprint density at radius 3 is 2.53 bits per heavy atom. The van der Waals surface area contributed by atoms with Crippen molar-refractivity contribution in [1.29, 1.82) is 0 Å². The molecular formula is C15H20. The van der Waals surface area contributed by atoms with Crippen molar-refractivity contribution in [2.45, 2.75) is 50.9 Å². The summed E-state index contributed by atoms with van der Waals surface area (Å²) in [5.41, 5.74) is 3.33. The van der Waals surface area contributed by atoms with Crippen LogP contribution < -0.4 is 0 Å². The predicted molar refractivity (Wildman–Crippen MR) is 64.1 cm³/mol. The monoisotopic (exact) mass is 200 g/mol. The number of benzene rings is 1. The molecule has 0 radical (unpaired) electrons. The number of hydrogen-bond donors (Lipinski definition) is 0. The van der Waals surface area contributed by atoms with Crippen LogP contribution in [-0.2, 0) is 6.42 Å². The van der Waals surface area contributed by atoms with Crippen LogP contribution in [0.3, 0.4) is 0 Å². The van der Waals surface area contributed by atoms with Gasteiger partial charge in [-0.05, 0) is 55.1 Å². The van der Waals surface area contributed by atoms with Crippen LogP contribution in [-0.4, -0.2) is 0 Å². The van der Waals surface area contributed by atoms with E-state index in [0.717, 1.165) is 11.8 Å². The molecule has 15 heavy (non-hydrogen) atoms. The second-order valence-corrected chi connectivity index (χ2v) is 5.24. The maximum Gasteiger partial charge on any atom is -0.0131 e. The molecule has 1 fully saturated rings. The number of hydrogen-bond acceptors (Lipinski definition) is 0. The molecule has 1 aromatic carbocycles. The maximum atomic E-state index is 2.39. The number of fused-ring (bicyclic) bond motifs is 1. The van der Waals surface area contributed by atoms with Crippen LogP contribution >= 0.6 is 0 Å². The summed E-state index contributed by atoms with van der Waals surface area (Å²) in [5, 5.41) is 0. The fourth-order valence-corrected chi connectivity index (χ4v) is 3.64. The van der Waals surface area contributed by atoms with Crippen LogP contribution in [0.25, 0.3) is 0 Å². The van der Waals surface area contributed by atoms with E-state index in [4.69, 9.17) is 0 Å². The summed E-state index contributed by atoms with van der Waals surface area (Å²) in [6, 6.07) is 9.16. The van der Waals surface area contributed by atoms with E-state index in [9.17, 15) is 0 Å². The van der Waals surface area contributed by atoms with E-state index >= 15 is 0 Å². The van der Waals surface area contributed by atoms with Gasteiger partial charge in [-0.2, -0.15) is 0 Å². The van der Waals surface area contributed by atoms with Crippen LogP contribution in [0.2, 0.25) is 0 Å². The van der Waals surface area contributed by atoms with Crippen molar-refractivity contribution in [3.63, 3.8) is 0 Å². The minimum atomic E-state index is 0.900. The zero-order chi connectivity index (χ0) is 10.1. The van der Waals surface area contributed by atoms with Gasteiger partial charge < -0.3 is 0 Å². The Morgan fingerprint density at radius 1 is 0.867 bits per heavy atom. The molecule has 2 aliphatic carbocycles. The standard InChI is InChI=1S/C15H20/c1-2-7-12(6-1)15-11-5-9-13-8-3-4-10-14(13)15/h3-4,8,10,12,15H,1-2,5-7,9,11H2. The highest BCUT2D eigenvalue weighted by atomic mass is 14.3. The van der Waals surface area contributed by atoms with Gasteiger partial charge in [0.2, 0.25) is 0 Å². The minimum Gasteiger partial charge on any atom is -0.0620 e. The Morgan fingerprint density at radius 2 is 1.67 bits per heavy atom. The van der Waals surface area contributed by atoms with Crippen molar-refractivity contribution in [1.82, 2.24) is 0 Å². The quantitative estimate of drug-likeness (QED) is 0.634. The fraction of sp³-hybridized carbons (Fsp3) is 0.600. The average Bonchev–Trinajstić information content (AvgIpc) is 2.82. The molecule has 0 aliphatic heterocycles. The topological polar surface area (TPSA) is 0 Å². The van der Waals surface area contributed by atoms with Crippen molar-refractivity contribution >= 4 is 0 Å². The molecule has 0 amide bonds. The zero-order valence-electron chi connectivity index (χ0n) is 9.41. The summed E-state index contributed by atoms with van der Waals surface area (Å²) >= 11 is 0. The third kappa shape index (κ3) is 1.71. The van der Waals surface area contributed by atoms with Gasteiger partial charge in [0, 0.05) is 0 Å². The molecule has 0 N–H and O–H groups in total. The number of rotatable bonds is 1. The lowest BCUT2D eigenvalue weighted by Gasteiger charge is -2.30. The Hall–Kier alpha value is -0.780. The minimum absolute atomic E-state index is 0.900. The van der Waals surface area contributed by atoms with E-state index in [1.165, 1.54) is 44.9 Å². The molecule has 3 rings (SSSR count). The van der Waals surface area contributed by atoms with Crippen molar-refractivity contribution in [2.24, 2.45) is 5.92 Å². The van der Waals surface area contributed by atoms with Gasteiger partial charge in [0.15, 0.2) is 0 Å². The molecule has 0 heteroatoms. The molecule has 0 bridgehead atoms. The second-order valence-electron chi connectivity index (χ2n) is 5.24. The first-order valence-corrected chi connectivity index (χ1v) is 6.53. The van der Waals surface area contributed by atoms with E-state index in [1.807, 2.05) is 0 Å². The molecular weight excluding hydrogens is 180 g/mol. The van der Waals surface area contributed by atoms with Gasteiger partial charge in [-0.15, -0.1) is 0 Å². The Labute approximate surface area is 92.7 Å². The molecule has 1 aromatic rings. The SMILES string of the molecule is c1ccc2c(c1)CCCC2C1CCCC1. The van der Waals surface area contributed by atoms with E-state index in [1.54, 1.807) is 11.1 Å². The van der Waals surface area contributed by atoms with Gasteiger partial charge in [0.25, 0.3) is 0 Å². The van der Waals surface area contributed by atoms with Crippen molar-refractivity contribution < 1.29 is 0 Å². The van der Waals surface area contributed by atoms with E-state index in [0.29, 0.717) is 0 Å². The smallest absolute Gasteiger partial charge is 0.0131 e. The van der Waals surface area contributed by atoms with Gasteiger partial charge in [0.1, 0.15) is 0 Å². The van der Waals surface area contributed by atoms with E-state index < -0.39 is 0 Å². The van der Waals surface area contributed by atoms with Gasteiger partial charge in [-0.1, -0.05) is 37.1 Å². The lowest BCUT2D eigenvalue weighted by Crippen LogP contribution is -2.16. The van der Waals surface area contributed by atoms with Gasteiger partial charge in [-0.25, -0.2) is 0 Å². The Bertz CT molecular complexity index is 334. The van der Waals surface area contributed by atoms with Gasteiger partial charge in [-0.3, -0.25) is 0 Å². The molecule has 1 saturated carbocycles. The third-order valence-electron chi connectivity index (χ3n) is 4.38. The molecule has 1 unspecified atom stereocenters. The predicted octanol–water partition coefficient (Wildman–Crippen LogP) is 4.30. The lowest BCUT2D eigenvalue weighted by molar-refractivity contribution is 0.387. The van der Waals surface area contributed by atoms with Gasteiger partial charge in [0.05, 0.1) is 0 Å². The summed E-state index contributed by atoms with van der Waals surface area (Å²) in [7, 11) is 0. The highest BCUT2D eigenvalue weighted by molar-refractivity contribution is 5.33. The van der Waals surface area contributed by atoms with E-state index in [-0.39, 0.29) is 0 Å². The molecule has 2 aliphatic rings. The average molecular weight is 200 g/mol. The molecule has 80 valence electrons. The Kier molecular flexibility index (Phi) is 2.52. The van der Waals surface area contributed by atoms with Crippen LogP contribution in [0.1, 0.15) is 55.6 Å². The first kappa shape index (κ1) is 9.45. The van der Waals surface area contributed by atoms with Gasteiger partial charge >= 0.3 is 0 Å². The maximum absolute atomic E-state index is 2.39. The van der Waals surface area contributed by atoms with Crippen molar-refractivity contribution in [2.75, 3.05) is 0 Å². The second kappa shape index (κ2) is 4.00. The highest BCUT2D eigenvalue weighted by Crippen LogP contribution is 2.43. The first-order chi connectivity index (χ1) is 7.45. The summed E-state index contributed by atoms with van der Waals surface area (Å²) in [6.07, 6.45) is 10.1. The van der Waals surface area contributed by atoms with Crippen LogP contribution in [0.5, 0.6) is 0 Å². The van der Waals surface area contributed by atoms with Crippen LogP contribution in [0.4, 0.5) is 0 Å². The Balaban J connectivity index is 1.91. The largest absolute Gasteiger partial charge is 0.0620 e. The highest BCUT2D eigenvalue weighted by Gasteiger charge is 2.29. The zero-order valence-corrected chi connectivity index (χ0v) is 9.41. The van der Waals surface area contributed by atoms with Crippen LogP contribution in [0.15, 0.2) is 24.3 Å². The fourth-order valence-electron chi connectivity index (χ4n) is 3.64. The molecule has 0 nitrogen and oxygen atoms in total. The number of aryl methyl sites for hydroxylation is 1. The first-order valence-electron chi connectivity index (χ1n) is 6.53. The van der Waals surface area contributed by atoms with Crippen molar-refractivity contribution in [3.05, 3.63) is 35.4 Å². The molecule has 0 heterocycles. The summed E-state index contributed by atoms with van der Waals surface area (Å²) < 4.78 is 0. The summed E-state index contributed by atoms with van der Waals surface area (Å²) in [5.74, 6) is 1.91. The normalized spacial score (nSPS) is 26.5. The van der Waals surface area contributed by atoms with E-state index in [2.05, 4.69) is 24.3 Å².